The van der Waals surface area contributed by atoms with E-state index in [2.05, 4.69) is 41.5 Å². The largest absolute Gasteiger partial charge is 0.478 e. The van der Waals surface area contributed by atoms with E-state index >= 15 is 0 Å². The number of allylic oxidation sites excluding steroid dienone is 4. The first-order chi connectivity index (χ1) is 34.0. The van der Waals surface area contributed by atoms with E-state index in [0.29, 0.717) is 16.9 Å². The van der Waals surface area contributed by atoms with Crippen molar-refractivity contribution in [2.75, 3.05) is 22.3 Å². The van der Waals surface area contributed by atoms with Crippen LogP contribution in [0.5, 0.6) is 0 Å². The van der Waals surface area contributed by atoms with Crippen LogP contribution in [0, 0.1) is 6.92 Å². The summed E-state index contributed by atoms with van der Waals surface area (Å²) >= 11 is 0. The first-order valence-electron chi connectivity index (χ1n) is 20.4. The Morgan fingerprint density at radius 3 is 1.90 bits per heavy atom. The standard InChI is InChI=1S/C46H34N10O13S3/c1-23-18-36(42(48)44(41(23)47)56-50-28-12-8-25(9-13-28)24-6-10-27(11-7-24)49-51-29-14-16-37(57)33(21-29)46(59)60)54-53-35-22-32-26(19-39(35)71(64,65)66)20-40(72(67,68)69)43(45(32)58)55-52-34-15-17-38(70(61,62)63)31-5-3-2-4-30(31)34/h2-22,49,52H,47-48H2,1H3,(H,59,60)(H,61,62,63)(H,64,65,66)(H,67,68,69). The second-order valence-corrected chi connectivity index (χ2v) is 19.7. The lowest BCUT2D eigenvalue weighted by molar-refractivity contribution is -0.134. The number of rotatable bonds is 13. The van der Waals surface area contributed by atoms with E-state index in [9.17, 15) is 58.4 Å². The van der Waals surface area contributed by atoms with Crippen molar-refractivity contribution in [2.24, 2.45) is 30.7 Å². The average molecular weight is 1030 g/mol. The molecule has 0 spiro atoms. The van der Waals surface area contributed by atoms with E-state index in [4.69, 9.17) is 11.5 Å². The van der Waals surface area contributed by atoms with Crippen LogP contribution in [0.4, 0.5) is 45.5 Å². The van der Waals surface area contributed by atoms with Crippen molar-refractivity contribution in [3.8, 4) is 11.1 Å². The lowest BCUT2D eigenvalue weighted by atomic mass is 9.94. The van der Waals surface area contributed by atoms with E-state index in [1.165, 1.54) is 42.5 Å². The molecule has 0 aromatic heterocycles. The van der Waals surface area contributed by atoms with E-state index in [0.717, 1.165) is 47.6 Å². The number of nitrogen functional groups attached to an aromatic ring is 2. The number of aryl methyl sites for hydroxylation is 1. The number of benzene rings is 6. The molecule has 364 valence electrons. The maximum Gasteiger partial charge on any atom is 0.339 e. The molecular weight excluding hydrogens is 997 g/mol. The number of ketones is 2. The van der Waals surface area contributed by atoms with Crippen molar-refractivity contribution >= 4 is 122 Å². The number of nitrogens with zero attached hydrogens (tertiary/aromatic N) is 6. The number of hydrogen-bond acceptors (Lipinski definition) is 19. The van der Waals surface area contributed by atoms with Crippen molar-refractivity contribution in [1.29, 1.82) is 0 Å². The number of nitrogens with two attached hydrogens (primary N) is 2. The maximum atomic E-state index is 14.0. The minimum atomic E-state index is -5.25. The highest BCUT2D eigenvalue weighted by atomic mass is 32.2. The number of aliphatic carboxylic acids is 1. The smallest absolute Gasteiger partial charge is 0.339 e. The molecule has 0 saturated heterocycles. The summed E-state index contributed by atoms with van der Waals surface area (Å²) in [6.45, 7) is 1.59. The van der Waals surface area contributed by atoms with E-state index < -0.39 is 85.1 Å². The number of anilines is 4. The Morgan fingerprint density at radius 1 is 0.625 bits per heavy atom. The Labute approximate surface area is 407 Å². The number of Topliss-reactive ketones (excluding diaryl/α,β-unsaturated/α-hetero) is 1. The van der Waals surface area contributed by atoms with Crippen LogP contribution in [0.3, 0.4) is 0 Å². The topological polar surface area (TPSA) is 385 Å². The number of carboxylic acid groups (broad SMARTS) is 1. The summed E-state index contributed by atoms with van der Waals surface area (Å²) in [5, 5.41) is 34.1. The molecule has 8 rings (SSSR count). The summed E-state index contributed by atoms with van der Waals surface area (Å²) in [7, 11) is -15.1. The fraction of sp³-hybridized carbons (Fsp3) is 0.0217. The second kappa shape index (κ2) is 19.1. The average Bonchev–Trinajstić information content (AvgIpc) is 3.33. The predicted molar refractivity (Wildman–Crippen MR) is 266 cm³/mol. The molecule has 26 heteroatoms. The van der Waals surface area contributed by atoms with Gasteiger partial charge >= 0.3 is 5.97 Å². The summed E-state index contributed by atoms with van der Waals surface area (Å²) in [5.41, 5.74) is 18.5. The SMILES string of the molecule is Cc1cc(N=Nc2cc3c(cc2S(=O)(=O)O)C=C(S(=O)(=O)O)C(=NNc2ccc(S(=O)(=O)O)c4ccccc24)C3=O)c(N)c(N=Nc2ccc(-c3ccc(NN=C4C=CC(=O)C(C(=O)O)=C4)cc3)cc2)c1N. The molecular formula is C46H34N10O13S3. The molecule has 0 heterocycles. The molecule has 0 fully saturated rings. The molecule has 2 aliphatic rings. The normalized spacial score (nSPS) is 15.3. The molecule has 0 saturated carbocycles. The Hall–Kier alpha value is -8.92. The van der Waals surface area contributed by atoms with Gasteiger partial charge in [0.15, 0.2) is 11.5 Å². The molecule has 0 amide bonds. The number of nitrogens with one attached hydrogen (secondary N) is 2. The summed E-state index contributed by atoms with van der Waals surface area (Å²) in [5.74, 6) is -3.16. The van der Waals surface area contributed by atoms with Gasteiger partial charge < -0.3 is 16.6 Å². The summed E-state index contributed by atoms with van der Waals surface area (Å²) in [6, 6.07) is 25.1. The van der Waals surface area contributed by atoms with Gasteiger partial charge in [0.05, 0.1) is 34.1 Å². The first kappa shape index (κ1) is 49.5. The van der Waals surface area contributed by atoms with Crippen molar-refractivity contribution in [3.05, 3.63) is 149 Å². The van der Waals surface area contributed by atoms with Crippen LogP contribution in [0.2, 0.25) is 0 Å². The minimum Gasteiger partial charge on any atom is -0.478 e. The van der Waals surface area contributed by atoms with Gasteiger partial charge in [-0.1, -0.05) is 48.5 Å². The third-order valence-corrected chi connectivity index (χ3v) is 13.5. The van der Waals surface area contributed by atoms with Crippen molar-refractivity contribution < 1.29 is 58.4 Å². The highest BCUT2D eigenvalue weighted by Crippen LogP contribution is 2.42. The maximum absolute atomic E-state index is 14.0. The van der Waals surface area contributed by atoms with Crippen molar-refractivity contribution in [1.82, 2.24) is 0 Å². The molecule has 0 radical (unpaired) electrons. The summed E-state index contributed by atoms with van der Waals surface area (Å²) < 4.78 is 105. The Balaban J connectivity index is 1.05. The van der Waals surface area contributed by atoms with Gasteiger partial charge in [-0.3, -0.25) is 34.1 Å². The quantitative estimate of drug-likeness (QED) is 0.0135. The molecule has 0 aliphatic heterocycles. The van der Waals surface area contributed by atoms with E-state index in [1.807, 2.05) is 12.1 Å². The molecule has 0 unspecified atom stereocenters. The van der Waals surface area contributed by atoms with E-state index in [-0.39, 0.29) is 50.5 Å². The molecule has 6 aromatic carbocycles. The number of hydrazone groups is 2. The zero-order chi connectivity index (χ0) is 51.9. The van der Waals surface area contributed by atoms with Crippen molar-refractivity contribution in [3.63, 3.8) is 0 Å². The lowest BCUT2D eigenvalue weighted by Crippen LogP contribution is -2.27. The molecule has 6 aromatic rings. The fourth-order valence-electron chi connectivity index (χ4n) is 7.21. The third-order valence-electron chi connectivity index (χ3n) is 10.8. The van der Waals surface area contributed by atoms with Crippen LogP contribution < -0.4 is 22.3 Å². The van der Waals surface area contributed by atoms with Crippen LogP contribution in [0.15, 0.2) is 172 Å². The lowest BCUT2D eigenvalue weighted by Gasteiger charge is -2.18. The third kappa shape index (κ3) is 10.3. The highest BCUT2D eigenvalue weighted by molar-refractivity contribution is 7.91. The van der Waals surface area contributed by atoms with Gasteiger partial charge in [-0.15, -0.1) is 15.3 Å². The van der Waals surface area contributed by atoms with Crippen LogP contribution in [-0.4, -0.2) is 73.0 Å². The number of hydrogen-bond donors (Lipinski definition) is 8. The first-order valence-corrected chi connectivity index (χ1v) is 24.8. The fourth-order valence-corrected chi connectivity index (χ4v) is 9.20. The Kier molecular flexibility index (Phi) is 13.1. The number of carbonyl (C=O) groups excluding carboxylic acids is 2. The zero-order valence-electron chi connectivity index (χ0n) is 36.7. The summed E-state index contributed by atoms with van der Waals surface area (Å²) in [6.07, 6.45) is 4.42. The summed E-state index contributed by atoms with van der Waals surface area (Å²) in [4.78, 5) is 34.6. The molecule has 23 nitrogen and oxygen atoms in total. The van der Waals surface area contributed by atoms with Gasteiger partial charge in [0.1, 0.15) is 37.3 Å². The van der Waals surface area contributed by atoms with Crippen LogP contribution in [0.25, 0.3) is 28.0 Å². The van der Waals surface area contributed by atoms with Crippen LogP contribution >= 0.6 is 0 Å². The molecule has 0 bridgehead atoms. The number of fused-ring (bicyclic) bond motifs is 2. The molecule has 0 atom stereocenters. The van der Waals surface area contributed by atoms with Crippen molar-refractivity contribution in [2.45, 2.75) is 16.7 Å². The number of carbonyl (C=O) groups is 3. The van der Waals surface area contributed by atoms with Gasteiger partial charge in [-0.2, -0.15) is 40.6 Å². The van der Waals surface area contributed by atoms with Crippen LogP contribution in [-0.2, 0) is 39.9 Å². The number of azo groups is 2. The Morgan fingerprint density at radius 2 is 1.26 bits per heavy atom. The minimum absolute atomic E-state index is 0.0306. The van der Waals surface area contributed by atoms with E-state index in [1.54, 1.807) is 43.3 Å². The van der Waals surface area contributed by atoms with Crippen LogP contribution in [0.1, 0.15) is 21.5 Å². The second-order valence-electron chi connectivity index (χ2n) is 15.5. The predicted octanol–water partition coefficient (Wildman–Crippen LogP) is 8.11. The zero-order valence-corrected chi connectivity index (χ0v) is 39.1. The Bertz CT molecular complexity index is 3920. The van der Waals surface area contributed by atoms with Gasteiger partial charge in [0.25, 0.3) is 30.4 Å². The van der Waals surface area contributed by atoms with Gasteiger partial charge in [-0.05, 0) is 108 Å². The monoisotopic (exact) mass is 1030 g/mol. The highest BCUT2D eigenvalue weighted by Gasteiger charge is 2.35. The van der Waals surface area contributed by atoms with Gasteiger partial charge in [0, 0.05) is 16.3 Å². The molecule has 10 N–H and O–H groups in total. The molecule has 72 heavy (non-hydrogen) atoms. The van der Waals surface area contributed by atoms with Gasteiger partial charge in [-0.25, -0.2) is 4.79 Å². The van der Waals surface area contributed by atoms with Gasteiger partial charge in [0.2, 0.25) is 5.78 Å². The molecule has 2 aliphatic carbocycles. The number of carboxylic acids is 1.